The van der Waals surface area contributed by atoms with Gasteiger partial charge in [0.2, 0.25) is 0 Å². The van der Waals surface area contributed by atoms with Crippen LogP contribution in [-0.2, 0) is 10.2 Å². The minimum absolute atomic E-state index is 0.175. The second-order valence-electron chi connectivity index (χ2n) is 3.56. The zero-order valence-corrected chi connectivity index (χ0v) is 12.1. The quantitative estimate of drug-likeness (QED) is 0.697. The van der Waals surface area contributed by atoms with E-state index in [4.69, 9.17) is 29.6 Å². The summed E-state index contributed by atoms with van der Waals surface area (Å²) in [4.78, 5) is 0.175. The Morgan fingerprint density at radius 1 is 1.50 bits per heavy atom. The molecule has 0 aromatic heterocycles. The molecule has 0 saturated carbocycles. The molecule has 18 heavy (non-hydrogen) atoms. The predicted octanol–water partition coefficient (Wildman–Crippen LogP) is 1.63. The smallest absolute Gasteiger partial charge is 0.299 e. The lowest BCUT2D eigenvalue weighted by molar-refractivity contribution is 0.586. The normalized spacial score (nSPS) is 11.2. The van der Waals surface area contributed by atoms with Crippen LogP contribution in [-0.4, -0.2) is 20.0 Å². The molecule has 1 aromatic rings. The Bertz CT molecular complexity index is 546. The van der Waals surface area contributed by atoms with Gasteiger partial charge < -0.3 is 5.73 Å². The average Bonchev–Trinajstić information content (AvgIpc) is 2.29. The van der Waals surface area contributed by atoms with Crippen LogP contribution in [0.15, 0.2) is 18.2 Å². The topological polar surface area (TPSA) is 84.2 Å². The first-order valence-corrected chi connectivity index (χ1v) is 7.49. The van der Waals surface area contributed by atoms with Crippen molar-refractivity contribution in [1.29, 1.82) is 0 Å². The van der Waals surface area contributed by atoms with Gasteiger partial charge in [-0.1, -0.05) is 36.8 Å². The summed E-state index contributed by atoms with van der Waals surface area (Å²) in [6, 6.07) is 4.66. The molecule has 0 heterocycles. The van der Waals surface area contributed by atoms with Gasteiger partial charge in [-0.2, -0.15) is 13.1 Å². The first kappa shape index (κ1) is 15.2. The largest absolute Gasteiger partial charge is 0.389 e. The maximum Gasteiger partial charge on any atom is 0.299 e. The van der Waals surface area contributed by atoms with Crippen molar-refractivity contribution < 1.29 is 8.42 Å². The first-order chi connectivity index (χ1) is 8.35. The number of halogens is 1. The van der Waals surface area contributed by atoms with E-state index in [1.54, 1.807) is 6.07 Å². The van der Waals surface area contributed by atoms with Crippen molar-refractivity contribution in [3.8, 4) is 0 Å². The Morgan fingerprint density at radius 2 is 2.17 bits per heavy atom. The van der Waals surface area contributed by atoms with E-state index in [0.717, 1.165) is 0 Å². The van der Waals surface area contributed by atoms with Crippen molar-refractivity contribution in [3.63, 3.8) is 0 Å². The molecule has 0 saturated heterocycles. The van der Waals surface area contributed by atoms with Gasteiger partial charge in [-0.3, -0.25) is 4.72 Å². The second-order valence-corrected chi connectivity index (χ2v) is 5.91. The molecule has 4 N–H and O–H groups in total. The molecule has 100 valence electrons. The third-order valence-electron chi connectivity index (χ3n) is 2.04. The summed E-state index contributed by atoms with van der Waals surface area (Å²) < 4.78 is 28.0. The van der Waals surface area contributed by atoms with Crippen molar-refractivity contribution in [1.82, 2.24) is 4.72 Å². The molecule has 5 nitrogen and oxygen atoms in total. The molecule has 0 radical (unpaired) electrons. The predicted molar refractivity (Wildman–Crippen MR) is 78.2 cm³/mol. The van der Waals surface area contributed by atoms with Crippen molar-refractivity contribution in [2.45, 2.75) is 13.3 Å². The molecule has 0 aliphatic carbocycles. The van der Waals surface area contributed by atoms with Gasteiger partial charge >= 0.3 is 0 Å². The number of hydrogen-bond acceptors (Lipinski definition) is 3. The Balaban J connectivity index is 2.96. The molecule has 0 atom stereocenters. The Hall–Kier alpha value is -0.890. The fraction of sp³-hybridized carbons (Fsp3) is 0.300. The molecule has 0 amide bonds. The van der Waals surface area contributed by atoms with E-state index in [1.807, 2.05) is 6.92 Å². The minimum Gasteiger partial charge on any atom is -0.389 e. The number of hydrogen-bond donors (Lipinski definition) is 3. The SMILES string of the molecule is CCCNS(=O)(=O)Nc1cc(C(N)=S)ccc1Cl. The van der Waals surface area contributed by atoms with Gasteiger partial charge in [-0.25, -0.2) is 0 Å². The standard InChI is InChI=1S/C10H14ClN3O2S2/c1-2-5-13-18(15,16)14-9-6-7(10(12)17)3-4-8(9)11/h3-4,6,13-14H,2,5H2,1H3,(H2,12,17). The summed E-state index contributed by atoms with van der Waals surface area (Å²) in [5.41, 5.74) is 6.26. The lowest BCUT2D eigenvalue weighted by atomic mass is 10.2. The van der Waals surface area contributed by atoms with E-state index >= 15 is 0 Å². The molecular weight excluding hydrogens is 294 g/mol. The minimum atomic E-state index is -3.63. The Morgan fingerprint density at radius 3 is 2.72 bits per heavy atom. The molecule has 0 aliphatic rings. The lowest BCUT2D eigenvalue weighted by Gasteiger charge is -2.11. The van der Waals surface area contributed by atoms with Crippen LogP contribution in [0.2, 0.25) is 5.02 Å². The monoisotopic (exact) mass is 307 g/mol. The van der Waals surface area contributed by atoms with Crippen LogP contribution in [0.25, 0.3) is 0 Å². The van der Waals surface area contributed by atoms with Gasteiger partial charge in [0.15, 0.2) is 0 Å². The summed E-state index contributed by atoms with van der Waals surface area (Å²) in [5, 5.41) is 0.275. The number of nitrogens with one attached hydrogen (secondary N) is 2. The first-order valence-electron chi connectivity index (χ1n) is 5.22. The summed E-state index contributed by atoms with van der Waals surface area (Å²) in [7, 11) is -3.63. The fourth-order valence-electron chi connectivity index (χ4n) is 1.17. The second kappa shape index (κ2) is 6.33. The van der Waals surface area contributed by atoms with E-state index < -0.39 is 10.2 Å². The van der Waals surface area contributed by atoms with Crippen LogP contribution < -0.4 is 15.2 Å². The van der Waals surface area contributed by atoms with E-state index in [2.05, 4.69) is 9.44 Å². The maximum absolute atomic E-state index is 11.6. The van der Waals surface area contributed by atoms with Crippen molar-refractivity contribution in [3.05, 3.63) is 28.8 Å². The molecular formula is C10H14ClN3O2S2. The van der Waals surface area contributed by atoms with Gasteiger partial charge in [-0.15, -0.1) is 0 Å². The molecule has 0 bridgehead atoms. The molecule has 1 aromatic carbocycles. The maximum atomic E-state index is 11.6. The molecule has 0 aliphatic heterocycles. The summed E-state index contributed by atoms with van der Waals surface area (Å²) in [6.07, 6.45) is 0.696. The average molecular weight is 308 g/mol. The Labute approximate surface area is 117 Å². The number of rotatable bonds is 6. The van der Waals surface area contributed by atoms with Gasteiger partial charge in [0.1, 0.15) is 4.99 Å². The van der Waals surface area contributed by atoms with Crippen LogP contribution in [0.1, 0.15) is 18.9 Å². The van der Waals surface area contributed by atoms with E-state index in [9.17, 15) is 8.42 Å². The third-order valence-corrected chi connectivity index (χ3v) is 3.68. The lowest BCUT2D eigenvalue weighted by Crippen LogP contribution is -2.30. The number of thiocarbonyl (C=S) groups is 1. The van der Waals surface area contributed by atoms with Crippen LogP contribution in [0, 0.1) is 0 Å². The molecule has 0 spiro atoms. The van der Waals surface area contributed by atoms with E-state index in [-0.39, 0.29) is 15.7 Å². The highest BCUT2D eigenvalue weighted by atomic mass is 35.5. The van der Waals surface area contributed by atoms with Crippen LogP contribution in [0.5, 0.6) is 0 Å². The number of nitrogens with two attached hydrogens (primary N) is 1. The molecule has 0 unspecified atom stereocenters. The zero-order chi connectivity index (χ0) is 13.8. The fourth-order valence-corrected chi connectivity index (χ4v) is 2.53. The van der Waals surface area contributed by atoms with Gasteiger partial charge in [0.25, 0.3) is 10.2 Å². The summed E-state index contributed by atoms with van der Waals surface area (Å²) in [5.74, 6) is 0. The highest BCUT2D eigenvalue weighted by Crippen LogP contribution is 2.23. The molecule has 1 rings (SSSR count). The van der Waals surface area contributed by atoms with Crippen LogP contribution >= 0.6 is 23.8 Å². The van der Waals surface area contributed by atoms with Crippen molar-refractivity contribution in [2.75, 3.05) is 11.3 Å². The summed E-state index contributed by atoms with van der Waals surface area (Å²) >= 11 is 10.7. The summed E-state index contributed by atoms with van der Waals surface area (Å²) in [6.45, 7) is 2.21. The van der Waals surface area contributed by atoms with Crippen LogP contribution in [0.4, 0.5) is 5.69 Å². The molecule has 0 fully saturated rings. The van der Waals surface area contributed by atoms with Gasteiger partial charge in [0.05, 0.1) is 10.7 Å². The third kappa shape index (κ3) is 4.41. The highest BCUT2D eigenvalue weighted by molar-refractivity contribution is 7.90. The Kier molecular flexibility index (Phi) is 5.33. The zero-order valence-electron chi connectivity index (χ0n) is 9.73. The van der Waals surface area contributed by atoms with Gasteiger partial charge in [0, 0.05) is 12.1 Å². The van der Waals surface area contributed by atoms with E-state index in [0.29, 0.717) is 18.5 Å². The number of anilines is 1. The van der Waals surface area contributed by atoms with E-state index in [1.165, 1.54) is 12.1 Å². The van der Waals surface area contributed by atoms with Crippen molar-refractivity contribution in [2.24, 2.45) is 5.73 Å². The highest BCUT2D eigenvalue weighted by Gasteiger charge is 2.12. The molecule has 8 heteroatoms. The van der Waals surface area contributed by atoms with Gasteiger partial charge in [-0.05, 0) is 18.6 Å². The van der Waals surface area contributed by atoms with Crippen molar-refractivity contribution >= 4 is 44.7 Å². The number of benzene rings is 1. The van der Waals surface area contributed by atoms with Crippen LogP contribution in [0.3, 0.4) is 0 Å².